The van der Waals surface area contributed by atoms with Crippen molar-refractivity contribution in [3.63, 3.8) is 0 Å². The Kier molecular flexibility index (Phi) is 7.14. The smallest absolute Gasteiger partial charge is 0.145 e. The van der Waals surface area contributed by atoms with E-state index in [0.717, 1.165) is 19.3 Å². The second kappa shape index (κ2) is 7.81. The molecule has 17 heavy (non-hydrogen) atoms. The van der Waals surface area contributed by atoms with Gasteiger partial charge in [0.25, 0.3) is 0 Å². The van der Waals surface area contributed by atoms with Gasteiger partial charge in [0.15, 0.2) is 0 Å². The first-order valence-corrected chi connectivity index (χ1v) is 8.02. The molecule has 4 nitrogen and oxygen atoms in total. The van der Waals surface area contributed by atoms with Gasteiger partial charge in [0.1, 0.15) is 11.6 Å². The lowest BCUT2D eigenvalue weighted by Crippen LogP contribution is -2.13. The molecule has 0 aliphatic rings. The molecular weight excluding hydrogens is 561 g/mol. The molecule has 0 heterocycles. The van der Waals surface area contributed by atoms with Crippen molar-refractivity contribution in [1.82, 2.24) is 0 Å². The normalized spacial score (nSPS) is 11.6. The predicted octanol–water partition coefficient (Wildman–Crippen LogP) is 3.41. The summed E-state index contributed by atoms with van der Waals surface area (Å²) in [5, 5.41) is 11.3. The van der Waals surface area contributed by atoms with Gasteiger partial charge in [0.05, 0.1) is 13.7 Å². The second-order valence-corrected chi connectivity index (χ2v) is 6.81. The van der Waals surface area contributed by atoms with Crippen LogP contribution in [0.25, 0.3) is 0 Å². The fraction of sp³-hybridized carbons (Fsp3) is 0.300. The van der Waals surface area contributed by atoms with Crippen LogP contribution in [0.3, 0.4) is 0 Å². The summed E-state index contributed by atoms with van der Waals surface area (Å²) in [4.78, 5) is 0. The molecule has 0 radical (unpaired) electrons. The van der Waals surface area contributed by atoms with Crippen LogP contribution in [0.2, 0.25) is 0 Å². The van der Waals surface area contributed by atoms with E-state index in [1.54, 1.807) is 0 Å². The summed E-state index contributed by atoms with van der Waals surface area (Å²) >= 11 is 6.80. The Balaban J connectivity index is 2.52. The predicted molar refractivity (Wildman–Crippen MR) is 92.7 cm³/mol. The summed E-state index contributed by atoms with van der Waals surface area (Å²) in [6, 6.07) is 4.14. The van der Waals surface area contributed by atoms with Gasteiger partial charge >= 0.3 is 0 Å². The van der Waals surface area contributed by atoms with Gasteiger partial charge < -0.3 is 15.7 Å². The standard InChI is InChI=1S/C10H11I3N2O2/c11-6-4-7(12)10(8(13)5-6)17-3-1-2-9(14)15-16/h4-5,16H,1-3H2,(H2,14,15). The first-order valence-electron chi connectivity index (χ1n) is 4.78. The molecule has 1 aromatic rings. The maximum Gasteiger partial charge on any atom is 0.145 e. The minimum absolute atomic E-state index is 0.237. The fourth-order valence-corrected chi connectivity index (χ4v) is 5.04. The molecule has 0 saturated heterocycles. The zero-order chi connectivity index (χ0) is 12.8. The summed E-state index contributed by atoms with van der Waals surface area (Å²) in [6.45, 7) is 0.558. The molecule has 0 fully saturated rings. The van der Waals surface area contributed by atoms with Crippen molar-refractivity contribution in [2.24, 2.45) is 10.9 Å². The third kappa shape index (κ3) is 5.32. The van der Waals surface area contributed by atoms with Gasteiger partial charge in [-0.05, 0) is 86.3 Å². The summed E-state index contributed by atoms with van der Waals surface area (Å²) in [7, 11) is 0. The largest absolute Gasteiger partial charge is 0.491 e. The van der Waals surface area contributed by atoms with Crippen LogP contribution in [0.4, 0.5) is 0 Å². The molecule has 1 rings (SSSR count). The van der Waals surface area contributed by atoms with Crippen LogP contribution in [0.15, 0.2) is 17.3 Å². The SMILES string of the molecule is N/C(CCCOc1c(I)cc(I)cc1I)=N\O. The molecule has 3 N–H and O–H groups in total. The average Bonchev–Trinajstić information content (AvgIpc) is 2.26. The van der Waals surface area contributed by atoms with Crippen LogP contribution in [-0.2, 0) is 0 Å². The number of oxime groups is 1. The number of nitrogens with zero attached hydrogens (tertiary/aromatic N) is 1. The van der Waals surface area contributed by atoms with Crippen molar-refractivity contribution in [1.29, 1.82) is 0 Å². The summed E-state index contributed by atoms with van der Waals surface area (Å²) in [6.07, 6.45) is 1.27. The number of benzene rings is 1. The maximum atomic E-state index is 8.39. The van der Waals surface area contributed by atoms with Crippen LogP contribution >= 0.6 is 67.8 Å². The van der Waals surface area contributed by atoms with Crippen molar-refractivity contribution < 1.29 is 9.94 Å². The molecule has 0 amide bonds. The molecular formula is C10H11I3N2O2. The Morgan fingerprint density at radius 2 is 1.88 bits per heavy atom. The van der Waals surface area contributed by atoms with E-state index in [4.69, 9.17) is 15.7 Å². The highest BCUT2D eigenvalue weighted by Gasteiger charge is 2.07. The highest BCUT2D eigenvalue weighted by Crippen LogP contribution is 2.29. The molecule has 0 saturated carbocycles. The molecule has 94 valence electrons. The van der Waals surface area contributed by atoms with E-state index in [0.29, 0.717) is 13.0 Å². The molecule has 0 bridgehead atoms. The average molecular weight is 572 g/mol. The Labute approximate surface area is 141 Å². The van der Waals surface area contributed by atoms with Gasteiger partial charge in [-0.15, -0.1) is 0 Å². The van der Waals surface area contributed by atoms with E-state index >= 15 is 0 Å². The number of hydrogen-bond acceptors (Lipinski definition) is 3. The summed E-state index contributed by atoms with van der Waals surface area (Å²) < 4.78 is 9.10. The van der Waals surface area contributed by atoms with E-state index in [9.17, 15) is 0 Å². The number of rotatable bonds is 5. The second-order valence-electron chi connectivity index (χ2n) is 3.24. The molecule has 0 atom stereocenters. The third-order valence-electron chi connectivity index (χ3n) is 1.92. The minimum atomic E-state index is 0.237. The topological polar surface area (TPSA) is 67.8 Å². The number of hydrogen-bond donors (Lipinski definition) is 2. The molecule has 0 aliphatic carbocycles. The van der Waals surface area contributed by atoms with Gasteiger partial charge in [0.2, 0.25) is 0 Å². The molecule has 1 aromatic carbocycles. The highest BCUT2D eigenvalue weighted by molar-refractivity contribution is 14.1. The van der Waals surface area contributed by atoms with Crippen LogP contribution in [0.1, 0.15) is 12.8 Å². The van der Waals surface area contributed by atoms with Gasteiger partial charge in [-0.3, -0.25) is 0 Å². The van der Waals surface area contributed by atoms with Gasteiger partial charge in [-0.1, -0.05) is 5.16 Å². The molecule has 7 heteroatoms. The highest BCUT2D eigenvalue weighted by atomic mass is 127. The Bertz CT molecular complexity index is 401. The van der Waals surface area contributed by atoms with Crippen molar-refractivity contribution in [3.8, 4) is 5.75 Å². The van der Waals surface area contributed by atoms with Crippen LogP contribution in [0.5, 0.6) is 5.75 Å². The summed E-state index contributed by atoms with van der Waals surface area (Å²) in [5.74, 6) is 1.15. The van der Waals surface area contributed by atoms with Crippen molar-refractivity contribution >= 4 is 73.6 Å². The molecule has 0 aromatic heterocycles. The lowest BCUT2D eigenvalue weighted by molar-refractivity contribution is 0.302. The summed E-state index contributed by atoms with van der Waals surface area (Å²) in [5.41, 5.74) is 5.37. The third-order valence-corrected chi connectivity index (χ3v) is 4.14. The zero-order valence-electron chi connectivity index (χ0n) is 8.79. The number of nitrogens with two attached hydrogens (primary N) is 1. The zero-order valence-corrected chi connectivity index (χ0v) is 15.3. The Morgan fingerprint density at radius 1 is 1.29 bits per heavy atom. The van der Waals surface area contributed by atoms with Gasteiger partial charge in [-0.25, -0.2) is 0 Å². The van der Waals surface area contributed by atoms with Crippen LogP contribution < -0.4 is 10.5 Å². The first kappa shape index (κ1) is 15.5. The van der Waals surface area contributed by atoms with Gasteiger partial charge in [0, 0.05) is 9.99 Å². The number of ether oxygens (including phenoxy) is 1. The van der Waals surface area contributed by atoms with Crippen LogP contribution in [0, 0.1) is 10.7 Å². The van der Waals surface area contributed by atoms with Crippen molar-refractivity contribution in [2.45, 2.75) is 12.8 Å². The maximum absolute atomic E-state index is 8.39. The van der Waals surface area contributed by atoms with E-state index in [1.807, 2.05) is 0 Å². The quantitative estimate of drug-likeness (QED) is 0.142. The van der Waals surface area contributed by atoms with E-state index < -0.39 is 0 Å². The van der Waals surface area contributed by atoms with Crippen molar-refractivity contribution in [2.75, 3.05) is 6.61 Å². The number of amidine groups is 1. The molecule has 0 unspecified atom stereocenters. The lowest BCUT2D eigenvalue weighted by atomic mass is 10.3. The monoisotopic (exact) mass is 572 g/mol. The van der Waals surface area contributed by atoms with E-state index in [1.165, 1.54) is 3.57 Å². The Hall–Kier alpha value is 0.480. The lowest BCUT2D eigenvalue weighted by Gasteiger charge is -2.10. The fourth-order valence-electron chi connectivity index (χ4n) is 1.14. The number of halogens is 3. The molecule has 0 aliphatic heterocycles. The minimum Gasteiger partial charge on any atom is -0.491 e. The van der Waals surface area contributed by atoms with E-state index in [-0.39, 0.29) is 5.84 Å². The van der Waals surface area contributed by atoms with Crippen molar-refractivity contribution in [3.05, 3.63) is 22.8 Å². The van der Waals surface area contributed by atoms with E-state index in [2.05, 4.69) is 85.1 Å². The first-order chi connectivity index (χ1) is 8.04. The van der Waals surface area contributed by atoms with Gasteiger partial charge in [-0.2, -0.15) is 0 Å². The molecule has 0 spiro atoms. The van der Waals surface area contributed by atoms with Crippen LogP contribution in [-0.4, -0.2) is 17.6 Å². The Morgan fingerprint density at radius 3 is 2.41 bits per heavy atom.